The minimum atomic E-state index is -0.420. The average Bonchev–Trinajstić information content (AvgIpc) is 2.83. The SMILES string of the molecule is Cc1nsc(N2CCCN(CC(O)c3ccccc3)CC2)n1. The van der Waals surface area contributed by atoms with Crippen LogP contribution in [-0.2, 0) is 0 Å². The number of aliphatic hydroxyl groups is 1. The number of rotatable bonds is 4. The Labute approximate surface area is 135 Å². The molecule has 0 saturated carbocycles. The van der Waals surface area contributed by atoms with Crippen molar-refractivity contribution in [2.75, 3.05) is 37.6 Å². The summed E-state index contributed by atoms with van der Waals surface area (Å²) in [5.74, 6) is 0.848. The van der Waals surface area contributed by atoms with Crippen LogP contribution in [-0.4, -0.2) is 52.1 Å². The van der Waals surface area contributed by atoms with Crippen LogP contribution in [0.1, 0.15) is 23.9 Å². The van der Waals surface area contributed by atoms with Crippen molar-refractivity contribution in [3.05, 3.63) is 41.7 Å². The molecule has 2 heterocycles. The van der Waals surface area contributed by atoms with Crippen molar-refractivity contribution in [2.45, 2.75) is 19.4 Å². The van der Waals surface area contributed by atoms with E-state index >= 15 is 0 Å². The van der Waals surface area contributed by atoms with Gasteiger partial charge in [-0.25, -0.2) is 4.98 Å². The zero-order chi connectivity index (χ0) is 15.4. The first-order chi connectivity index (χ1) is 10.7. The topological polar surface area (TPSA) is 52.5 Å². The molecule has 1 N–H and O–H groups in total. The lowest BCUT2D eigenvalue weighted by Crippen LogP contribution is -2.33. The molecule has 5 nitrogen and oxygen atoms in total. The number of anilines is 1. The summed E-state index contributed by atoms with van der Waals surface area (Å²) >= 11 is 1.47. The predicted molar refractivity (Wildman–Crippen MR) is 89.3 cm³/mol. The monoisotopic (exact) mass is 318 g/mol. The fraction of sp³-hybridized carbons (Fsp3) is 0.500. The molecule has 3 rings (SSSR count). The molecule has 1 aromatic heterocycles. The smallest absolute Gasteiger partial charge is 0.205 e. The summed E-state index contributed by atoms with van der Waals surface area (Å²) in [5, 5.41) is 11.4. The van der Waals surface area contributed by atoms with Crippen LogP contribution in [0, 0.1) is 6.92 Å². The molecule has 1 aliphatic heterocycles. The minimum absolute atomic E-state index is 0.420. The van der Waals surface area contributed by atoms with E-state index in [1.54, 1.807) is 0 Å². The predicted octanol–water partition coefficient (Wildman–Crippen LogP) is 2.09. The molecule has 0 radical (unpaired) electrons. The van der Waals surface area contributed by atoms with Gasteiger partial charge >= 0.3 is 0 Å². The van der Waals surface area contributed by atoms with Crippen LogP contribution in [0.15, 0.2) is 30.3 Å². The van der Waals surface area contributed by atoms with E-state index < -0.39 is 6.10 Å². The third-order valence-corrected chi connectivity index (χ3v) is 4.86. The molecule has 6 heteroatoms. The molecule has 1 fully saturated rings. The van der Waals surface area contributed by atoms with Crippen LogP contribution in [0.4, 0.5) is 5.13 Å². The first-order valence-electron chi connectivity index (χ1n) is 7.73. The van der Waals surface area contributed by atoms with Crippen LogP contribution in [0.2, 0.25) is 0 Å². The van der Waals surface area contributed by atoms with Crippen LogP contribution in [0.3, 0.4) is 0 Å². The summed E-state index contributed by atoms with van der Waals surface area (Å²) in [6.07, 6.45) is 0.664. The van der Waals surface area contributed by atoms with Crippen molar-refractivity contribution in [3.8, 4) is 0 Å². The molecule has 22 heavy (non-hydrogen) atoms. The largest absolute Gasteiger partial charge is 0.387 e. The molecule has 118 valence electrons. The number of aromatic nitrogens is 2. The van der Waals surface area contributed by atoms with Gasteiger partial charge in [-0.05, 0) is 18.9 Å². The number of nitrogens with zero attached hydrogens (tertiary/aromatic N) is 4. The zero-order valence-corrected chi connectivity index (χ0v) is 13.7. The summed E-state index contributed by atoms with van der Waals surface area (Å²) in [6.45, 7) is 6.52. The highest BCUT2D eigenvalue weighted by atomic mass is 32.1. The highest BCUT2D eigenvalue weighted by Gasteiger charge is 2.20. The molecule has 1 saturated heterocycles. The average molecular weight is 318 g/mol. The second-order valence-corrected chi connectivity index (χ2v) is 6.42. The van der Waals surface area contributed by atoms with Crippen molar-refractivity contribution >= 4 is 16.7 Å². The van der Waals surface area contributed by atoms with Gasteiger partial charge in [0, 0.05) is 44.3 Å². The molecular weight excluding hydrogens is 296 g/mol. The second kappa shape index (κ2) is 7.17. The summed E-state index contributed by atoms with van der Waals surface area (Å²) in [4.78, 5) is 9.12. The number of hydrogen-bond acceptors (Lipinski definition) is 6. The third-order valence-electron chi connectivity index (χ3n) is 3.99. The van der Waals surface area contributed by atoms with Gasteiger partial charge in [0.15, 0.2) is 0 Å². The standard InChI is InChI=1S/C16H22N4OS/c1-13-17-16(22-18-13)20-9-5-8-19(10-11-20)12-15(21)14-6-3-2-4-7-14/h2-4,6-7,15,21H,5,8-12H2,1H3. The van der Waals surface area contributed by atoms with E-state index in [0.717, 1.165) is 49.1 Å². The Balaban J connectivity index is 1.56. The Bertz CT molecular complexity index is 589. The van der Waals surface area contributed by atoms with Gasteiger partial charge < -0.3 is 10.0 Å². The molecule has 1 aliphatic rings. The zero-order valence-electron chi connectivity index (χ0n) is 12.9. The Kier molecular flexibility index (Phi) is 5.02. The van der Waals surface area contributed by atoms with E-state index in [2.05, 4.69) is 19.2 Å². The number of aliphatic hydroxyl groups excluding tert-OH is 1. The first-order valence-corrected chi connectivity index (χ1v) is 8.50. The number of β-amino-alcohol motifs (C(OH)–C–C–N with tert-alkyl or cyclic N) is 1. The molecule has 0 bridgehead atoms. The van der Waals surface area contributed by atoms with Crippen LogP contribution < -0.4 is 4.90 Å². The fourth-order valence-electron chi connectivity index (χ4n) is 2.78. The molecule has 2 aromatic rings. The van der Waals surface area contributed by atoms with Crippen molar-refractivity contribution in [1.82, 2.24) is 14.3 Å². The highest BCUT2D eigenvalue weighted by Crippen LogP contribution is 2.20. The van der Waals surface area contributed by atoms with Crippen molar-refractivity contribution in [3.63, 3.8) is 0 Å². The van der Waals surface area contributed by atoms with E-state index in [0.29, 0.717) is 6.54 Å². The molecule has 1 unspecified atom stereocenters. The fourth-order valence-corrected chi connectivity index (χ4v) is 3.51. The Morgan fingerprint density at radius 3 is 2.73 bits per heavy atom. The van der Waals surface area contributed by atoms with Gasteiger partial charge in [-0.3, -0.25) is 4.90 Å². The summed E-state index contributed by atoms with van der Waals surface area (Å²) < 4.78 is 4.26. The summed E-state index contributed by atoms with van der Waals surface area (Å²) in [6, 6.07) is 9.89. The Morgan fingerprint density at radius 2 is 2.00 bits per heavy atom. The Hall–Kier alpha value is -1.50. The van der Waals surface area contributed by atoms with Gasteiger partial charge in [0.2, 0.25) is 5.13 Å². The molecule has 0 amide bonds. The van der Waals surface area contributed by atoms with E-state index in [4.69, 9.17) is 0 Å². The van der Waals surface area contributed by atoms with Gasteiger partial charge in [0.1, 0.15) is 5.82 Å². The maximum atomic E-state index is 10.4. The molecule has 0 aliphatic carbocycles. The number of hydrogen-bond donors (Lipinski definition) is 1. The maximum absolute atomic E-state index is 10.4. The van der Waals surface area contributed by atoms with Crippen molar-refractivity contribution in [1.29, 1.82) is 0 Å². The van der Waals surface area contributed by atoms with Gasteiger partial charge in [-0.15, -0.1) is 0 Å². The Morgan fingerprint density at radius 1 is 1.18 bits per heavy atom. The van der Waals surface area contributed by atoms with Gasteiger partial charge in [0.25, 0.3) is 0 Å². The van der Waals surface area contributed by atoms with E-state index in [-0.39, 0.29) is 0 Å². The number of aryl methyl sites for hydroxylation is 1. The lowest BCUT2D eigenvalue weighted by Gasteiger charge is -2.23. The quantitative estimate of drug-likeness (QED) is 0.935. The summed E-state index contributed by atoms with van der Waals surface area (Å²) in [5.41, 5.74) is 0.989. The molecular formula is C16H22N4OS. The van der Waals surface area contributed by atoms with Crippen LogP contribution >= 0.6 is 11.5 Å². The van der Waals surface area contributed by atoms with Crippen LogP contribution in [0.25, 0.3) is 0 Å². The van der Waals surface area contributed by atoms with Gasteiger partial charge in [0.05, 0.1) is 6.10 Å². The lowest BCUT2D eigenvalue weighted by molar-refractivity contribution is 0.117. The maximum Gasteiger partial charge on any atom is 0.205 e. The molecule has 0 spiro atoms. The van der Waals surface area contributed by atoms with Crippen LogP contribution in [0.5, 0.6) is 0 Å². The molecule has 1 atom stereocenters. The number of benzene rings is 1. The second-order valence-electron chi connectivity index (χ2n) is 5.69. The summed E-state index contributed by atoms with van der Waals surface area (Å²) in [7, 11) is 0. The van der Waals surface area contributed by atoms with E-state index in [1.807, 2.05) is 37.3 Å². The van der Waals surface area contributed by atoms with Crippen molar-refractivity contribution < 1.29 is 5.11 Å². The minimum Gasteiger partial charge on any atom is -0.387 e. The normalized spacial score (nSPS) is 18.2. The van der Waals surface area contributed by atoms with Gasteiger partial charge in [-0.2, -0.15) is 4.37 Å². The lowest BCUT2D eigenvalue weighted by atomic mass is 10.1. The van der Waals surface area contributed by atoms with Crippen molar-refractivity contribution in [2.24, 2.45) is 0 Å². The van der Waals surface area contributed by atoms with E-state index in [1.165, 1.54) is 11.5 Å². The third kappa shape index (κ3) is 3.82. The van der Waals surface area contributed by atoms with E-state index in [9.17, 15) is 5.11 Å². The molecule has 1 aromatic carbocycles. The highest BCUT2D eigenvalue weighted by molar-refractivity contribution is 7.09. The first kappa shape index (κ1) is 15.4. The van der Waals surface area contributed by atoms with Gasteiger partial charge in [-0.1, -0.05) is 30.3 Å².